The summed E-state index contributed by atoms with van der Waals surface area (Å²) in [6.45, 7) is 14.9. The molecule has 1 aliphatic heterocycles. The second kappa shape index (κ2) is 6.85. The van der Waals surface area contributed by atoms with Crippen LogP contribution in [0.4, 0.5) is 9.18 Å². The van der Waals surface area contributed by atoms with Gasteiger partial charge in [-0.2, -0.15) is 0 Å². The van der Waals surface area contributed by atoms with E-state index in [0.717, 1.165) is 0 Å². The standard InChI is InChI=1S/C19H29BFNO4/c1-12-13(11-22-16(23)24-17(2,3)4)9-10-14(15(12)21)20-25-18(5,6)19(7,8)26-20/h9-10H,11H2,1-8H3,(H,22,23). The molecule has 1 aromatic rings. The van der Waals surface area contributed by atoms with Crippen LogP contribution in [-0.4, -0.2) is 30.0 Å². The summed E-state index contributed by atoms with van der Waals surface area (Å²) in [6.07, 6.45) is -0.535. The fourth-order valence-electron chi connectivity index (χ4n) is 2.57. The summed E-state index contributed by atoms with van der Waals surface area (Å²) < 4.78 is 32.0. The second-order valence-corrected chi connectivity index (χ2v) is 8.70. The molecule has 0 saturated carbocycles. The molecule has 0 bridgehead atoms. The average molecular weight is 365 g/mol. The van der Waals surface area contributed by atoms with Gasteiger partial charge in [-0.05, 0) is 66.5 Å². The first kappa shape index (κ1) is 20.7. The molecule has 2 rings (SSSR count). The van der Waals surface area contributed by atoms with Gasteiger partial charge in [-0.3, -0.25) is 0 Å². The Morgan fingerprint density at radius 2 is 1.73 bits per heavy atom. The number of alkyl carbamates (subject to hydrolysis) is 1. The summed E-state index contributed by atoms with van der Waals surface area (Å²) in [5.74, 6) is -0.382. The third-order valence-electron chi connectivity index (χ3n) is 4.86. The lowest BCUT2D eigenvalue weighted by atomic mass is 9.77. The van der Waals surface area contributed by atoms with E-state index in [1.54, 1.807) is 39.8 Å². The number of carbonyl (C=O) groups is 1. The summed E-state index contributed by atoms with van der Waals surface area (Å²) in [7, 11) is -0.758. The van der Waals surface area contributed by atoms with E-state index < -0.39 is 30.0 Å². The van der Waals surface area contributed by atoms with Crippen molar-refractivity contribution in [2.45, 2.75) is 78.7 Å². The van der Waals surface area contributed by atoms with E-state index in [9.17, 15) is 9.18 Å². The third-order valence-corrected chi connectivity index (χ3v) is 4.86. The zero-order chi connectivity index (χ0) is 19.9. The Hall–Kier alpha value is -1.60. The van der Waals surface area contributed by atoms with E-state index in [1.165, 1.54) is 0 Å². The van der Waals surface area contributed by atoms with Gasteiger partial charge in [0.25, 0.3) is 0 Å². The van der Waals surface area contributed by atoms with Crippen molar-refractivity contribution in [2.75, 3.05) is 0 Å². The number of hydrogen-bond acceptors (Lipinski definition) is 4. The minimum atomic E-state index is -0.758. The van der Waals surface area contributed by atoms with Gasteiger partial charge in [-0.15, -0.1) is 0 Å². The van der Waals surface area contributed by atoms with E-state index in [-0.39, 0.29) is 12.4 Å². The molecule has 0 aliphatic carbocycles. The maximum Gasteiger partial charge on any atom is 0.497 e. The molecule has 1 fully saturated rings. The molecule has 0 spiro atoms. The molecule has 0 radical (unpaired) electrons. The van der Waals surface area contributed by atoms with Gasteiger partial charge in [0.2, 0.25) is 0 Å². The van der Waals surface area contributed by atoms with Gasteiger partial charge in [-0.1, -0.05) is 12.1 Å². The molecule has 1 amide bonds. The van der Waals surface area contributed by atoms with Gasteiger partial charge in [0.05, 0.1) is 11.2 Å². The number of rotatable bonds is 3. The lowest BCUT2D eigenvalue weighted by Gasteiger charge is -2.32. The maximum atomic E-state index is 14.9. The molecular formula is C19H29BFNO4. The highest BCUT2D eigenvalue weighted by molar-refractivity contribution is 6.62. The van der Waals surface area contributed by atoms with Crippen LogP contribution in [0.5, 0.6) is 0 Å². The van der Waals surface area contributed by atoms with E-state index in [2.05, 4.69) is 5.32 Å². The van der Waals surface area contributed by atoms with Gasteiger partial charge in [0.15, 0.2) is 0 Å². The third kappa shape index (κ3) is 4.38. The van der Waals surface area contributed by atoms with Gasteiger partial charge < -0.3 is 19.4 Å². The zero-order valence-electron chi connectivity index (χ0n) is 17.0. The van der Waals surface area contributed by atoms with Crippen LogP contribution in [0.25, 0.3) is 0 Å². The average Bonchev–Trinajstić information content (AvgIpc) is 2.67. The largest absolute Gasteiger partial charge is 0.497 e. The number of nitrogens with one attached hydrogen (secondary N) is 1. The van der Waals surface area contributed by atoms with Crippen molar-refractivity contribution in [3.05, 3.63) is 29.1 Å². The van der Waals surface area contributed by atoms with Crippen molar-refractivity contribution < 1.29 is 23.2 Å². The Bertz CT molecular complexity index is 682. The first-order valence-corrected chi connectivity index (χ1v) is 8.84. The molecule has 0 atom stereocenters. The summed E-state index contributed by atoms with van der Waals surface area (Å²) >= 11 is 0. The van der Waals surface area contributed by atoms with Crippen LogP contribution < -0.4 is 10.8 Å². The monoisotopic (exact) mass is 365 g/mol. The highest BCUT2D eigenvalue weighted by Crippen LogP contribution is 2.36. The van der Waals surface area contributed by atoms with Gasteiger partial charge >= 0.3 is 13.2 Å². The number of hydrogen-bond donors (Lipinski definition) is 1. The number of benzene rings is 1. The lowest BCUT2D eigenvalue weighted by molar-refractivity contribution is 0.00578. The smallest absolute Gasteiger partial charge is 0.444 e. The van der Waals surface area contributed by atoms with Crippen LogP contribution in [0.15, 0.2) is 12.1 Å². The second-order valence-electron chi connectivity index (χ2n) is 8.70. The summed E-state index contributed by atoms with van der Waals surface area (Å²) in [6, 6.07) is 3.42. The van der Waals surface area contributed by atoms with Crippen molar-refractivity contribution in [3.63, 3.8) is 0 Å². The van der Waals surface area contributed by atoms with Crippen LogP contribution in [0.2, 0.25) is 0 Å². The summed E-state index contributed by atoms with van der Waals surface area (Å²) in [4.78, 5) is 11.8. The Morgan fingerprint density at radius 1 is 1.19 bits per heavy atom. The van der Waals surface area contributed by atoms with Crippen LogP contribution in [0.3, 0.4) is 0 Å². The first-order chi connectivity index (χ1) is 11.7. The molecule has 1 saturated heterocycles. The molecule has 26 heavy (non-hydrogen) atoms. The van der Waals surface area contributed by atoms with Gasteiger partial charge in [0.1, 0.15) is 11.4 Å². The molecule has 1 aromatic carbocycles. The molecule has 1 heterocycles. The molecule has 5 nitrogen and oxygen atoms in total. The van der Waals surface area contributed by atoms with Crippen LogP contribution in [0.1, 0.15) is 59.6 Å². The Balaban J connectivity index is 2.13. The lowest BCUT2D eigenvalue weighted by Crippen LogP contribution is -2.41. The van der Waals surface area contributed by atoms with Crippen LogP contribution in [0, 0.1) is 12.7 Å². The van der Waals surface area contributed by atoms with Gasteiger partial charge in [-0.25, -0.2) is 9.18 Å². The normalized spacial score (nSPS) is 18.7. The first-order valence-electron chi connectivity index (χ1n) is 8.84. The molecule has 144 valence electrons. The minimum Gasteiger partial charge on any atom is -0.444 e. The summed E-state index contributed by atoms with van der Waals surface area (Å²) in [5, 5.41) is 2.65. The van der Waals surface area contributed by atoms with E-state index in [0.29, 0.717) is 16.6 Å². The molecule has 1 aliphatic rings. The molecule has 7 heteroatoms. The Morgan fingerprint density at radius 3 is 2.23 bits per heavy atom. The van der Waals surface area contributed by atoms with Crippen molar-refractivity contribution in [1.29, 1.82) is 0 Å². The Kier molecular flexibility index (Phi) is 5.46. The van der Waals surface area contributed by atoms with E-state index in [4.69, 9.17) is 14.0 Å². The highest BCUT2D eigenvalue weighted by atomic mass is 19.1. The Labute approximate surface area is 155 Å². The molecular weight excluding hydrogens is 336 g/mol. The minimum absolute atomic E-state index is 0.182. The topological polar surface area (TPSA) is 56.8 Å². The predicted octanol–water partition coefficient (Wildman–Crippen LogP) is 3.46. The van der Waals surface area contributed by atoms with Crippen molar-refractivity contribution >= 4 is 18.7 Å². The molecule has 1 N–H and O–H groups in total. The maximum absolute atomic E-state index is 14.9. The fourth-order valence-corrected chi connectivity index (χ4v) is 2.57. The number of carbonyl (C=O) groups excluding carboxylic acids is 1. The summed E-state index contributed by atoms with van der Waals surface area (Å²) in [5.41, 5.74) is -0.154. The van der Waals surface area contributed by atoms with E-state index in [1.807, 2.05) is 27.7 Å². The van der Waals surface area contributed by atoms with Crippen molar-refractivity contribution in [3.8, 4) is 0 Å². The van der Waals surface area contributed by atoms with Gasteiger partial charge in [0, 0.05) is 12.0 Å². The quantitative estimate of drug-likeness (QED) is 0.834. The number of halogens is 1. The van der Waals surface area contributed by atoms with Crippen LogP contribution >= 0.6 is 0 Å². The van der Waals surface area contributed by atoms with Crippen LogP contribution in [-0.2, 0) is 20.6 Å². The fraction of sp³-hybridized carbons (Fsp3) is 0.632. The van der Waals surface area contributed by atoms with Crippen molar-refractivity contribution in [2.24, 2.45) is 0 Å². The predicted molar refractivity (Wildman–Crippen MR) is 99.9 cm³/mol. The van der Waals surface area contributed by atoms with Crippen molar-refractivity contribution in [1.82, 2.24) is 5.32 Å². The molecule has 0 unspecified atom stereocenters. The number of amides is 1. The SMILES string of the molecule is Cc1c(CNC(=O)OC(C)(C)C)ccc(B2OC(C)(C)C(C)(C)O2)c1F. The van der Waals surface area contributed by atoms with E-state index >= 15 is 0 Å². The zero-order valence-corrected chi connectivity index (χ0v) is 17.0. The molecule has 0 aromatic heterocycles. The highest BCUT2D eigenvalue weighted by Gasteiger charge is 2.52. The number of ether oxygens (including phenoxy) is 1.